The molecular weight excluding hydrogens is 303 g/mol. The molecule has 0 aromatic carbocycles. The van der Waals surface area contributed by atoms with Gasteiger partial charge in [-0.15, -0.1) is 0 Å². The van der Waals surface area contributed by atoms with E-state index < -0.39 is 0 Å². The monoisotopic (exact) mass is 322 g/mol. The quantitative estimate of drug-likeness (QED) is 0.343. The normalized spacial score (nSPS) is 26.8. The summed E-state index contributed by atoms with van der Waals surface area (Å²) >= 11 is 2.45. The minimum Gasteiger partial charge on any atom is -0.463 e. The summed E-state index contributed by atoms with van der Waals surface area (Å²) in [5.74, 6) is 1.14. The molecule has 15 heavy (non-hydrogen) atoms. The van der Waals surface area contributed by atoms with E-state index in [4.69, 9.17) is 4.74 Å². The summed E-state index contributed by atoms with van der Waals surface area (Å²) in [4.78, 5) is 11.2. The van der Waals surface area contributed by atoms with Crippen LogP contribution in [0, 0.1) is 11.8 Å². The molecule has 0 aromatic heterocycles. The lowest BCUT2D eigenvalue weighted by atomic mass is 9.80. The second-order valence-corrected chi connectivity index (χ2v) is 4.85. The van der Waals surface area contributed by atoms with Gasteiger partial charge < -0.3 is 4.74 Å². The average Bonchev–Trinajstić information content (AvgIpc) is 2.27. The maximum absolute atomic E-state index is 11.2. The molecule has 2 nitrogen and oxygen atoms in total. The van der Waals surface area contributed by atoms with E-state index in [2.05, 4.69) is 28.7 Å². The van der Waals surface area contributed by atoms with Gasteiger partial charge in [-0.2, -0.15) is 0 Å². The zero-order valence-corrected chi connectivity index (χ0v) is 11.4. The Balaban J connectivity index is 2.43. The Hall–Kier alpha value is -0.0600. The van der Waals surface area contributed by atoms with Crippen molar-refractivity contribution in [3.05, 3.63) is 12.2 Å². The molecule has 0 heterocycles. The molecule has 1 fully saturated rings. The first-order valence-electron chi connectivity index (χ1n) is 5.68. The molecule has 3 heteroatoms. The fourth-order valence-electron chi connectivity index (χ4n) is 2.07. The van der Waals surface area contributed by atoms with E-state index in [0.29, 0.717) is 12.5 Å². The van der Waals surface area contributed by atoms with Crippen molar-refractivity contribution in [3.8, 4) is 0 Å². The zero-order chi connectivity index (χ0) is 11.1. The highest BCUT2D eigenvalue weighted by molar-refractivity contribution is 14.1. The molecule has 1 aliphatic rings. The molecule has 0 bridgehead atoms. The topological polar surface area (TPSA) is 26.3 Å². The van der Waals surface area contributed by atoms with Gasteiger partial charge >= 0.3 is 5.97 Å². The molecule has 2 atom stereocenters. The molecule has 0 spiro atoms. The Bertz CT molecular complexity index is 226. The molecule has 0 amide bonds. The van der Waals surface area contributed by atoms with Crippen LogP contribution < -0.4 is 0 Å². The van der Waals surface area contributed by atoms with E-state index in [-0.39, 0.29) is 5.97 Å². The van der Waals surface area contributed by atoms with E-state index in [1.807, 2.05) is 6.92 Å². The van der Waals surface area contributed by atoms with E-state index in [1.165, 1.54) is 30.1 Å². The van der Waals surface area contributed by atoms with Crippen molar-refractivity contribution in [2.75, 3.05) is 11.0 Å². The predicted molar refractivity (Wildman–Crippen MR) is 70.1 cm³/mol. The van der Waals surface area contributed by atoms with Crippen LogP contribution in [0.5, 0.6) is 0 Å². The molecule has 0 aliphatic heterocycles. The number of carbonyl (C=O) groups is 1. The van der Waals surface area contributed by atoms with Gasteiger partial charge in [0.05, 0.1) is 6.61 Å². The van der Waals surface area contributed by atoms with Crippen LogP contribution in [0.3, 0.4) is 0 Å². The highest BCUT2D eigenvalue weighted by Crippen LogP contribution is 2.32. The fraction of sp³-hybridized carbons (Fsp3) is 0.750. The first-order chi connectivity index (χ1) is 7.27. The van der Waals surface area contributed by atoms with Crippen LogP contribution in [-0.2, 0) is 9.53 Å². The molecular formula is C12H19IO2. The van der Waals surface area contributed by atoms with Gasteiger partial charge in [0.1, 0.15) is 0 Å². The van der Waals surface area contributed by atoms with Crippen molar-refractivity contribution in [1.82, 2.24) is 0 Å². The predicted octanol–water partition coefficient (Wildman–Crippen LogP) is 3.35. The first kappa shape index (κ1) is 13.0. The van der Waals surface area contributed by atoms with Gasteiger partial charge in [0.15, 0.2) is 0 Å². The molecule has 0 aromatic rings. The highest BCUT2D eigenvalue weighted by atomic mass is 127. The molecule has 0 saturated heterocycles. The second-order valence-electron chi connectivity index (χ2n) is 3.97. The van der Waals surface area contributed by atoms with Gasteiger partial charge in [-0.25, -0.2) is 4.79 Å². The number of allylic oxidation sites excluding steroid dienone is 1. The molecule has 0 unspecified atom stereocenters. The summed E-state index contributed by atoms with van der Waals surface area (Å²) < 4.78 is 6.06. The number of rotatable bonds is 4. The summed E-state index contributed by atoms with van der Waals surface area (Å²) in [6.07, 6.45) is 8.84. The average molecular weight is 322 g/mol. The zero-order valence-electron chi connectivity index (χ0n) is 9.25. The Morgan fingerprint density at radius 2 is 2.20 bits per heavy atom. The van der Waals surface area contributed by atoms with Crippen molar-refractivity contribution >= 4 is 28.6 Å². The molecule has 1 rings (SSSR count). The maximum Gasteiger partial charge on any atom is 0.330 e. The van der Waals surface area contributed by atoms with Gasteiger partial charge in [-0.05, 0) is 31.6 Å². The van der Waals surface area contributed by atoms with Crippen molar-refractivity contribution in [2.24, 2.45) is 11.8 Å². The summed E-state index contributed by atoms with van der Waals surface area (Å²) in [5, 5.41) is 0. The van der Waals surface area contributed by atoms with E-state index >= 15 is 0 Å². The minimum absolute atomic E-state index is 0.199. The van der Waals surface area contributed by atoms with E-state index in [9.17, 15) is 4.79 Å². The largest absolute Gasteiger partial charge is 0.463 e. The minimum atomic E-state index is -0.199. The third-order valence-corrected chi connectivity index (χ3v) is 4.06. The Labute approximate surface area is 106 Å². The van der Waals surface area contributed by atoms with Crippen molar-refractivity contribution < 1.29 is 9.53 Å². The van der Waals surface area contributed by atoms with Crippen LogP contribution in [0.2, 0.25) is 0 Å². The van der Waals surface area contributed by atoms with Gasteiger partial charge in [0.2, 0.25) is 0 Å². The summed E-state index contributed by atoms with van der Waals surface area (Å²) in [6, 6.07) is 0. The lowest BCUT2D eigenvalue weighted by Crippen LogP contribution is -2.19. The SMILES string of the molecule is CCOC(=O)/C=C/[C@@H]1CCCC[C@@H]1CI. The van der Waals surface area contributed by atoms with Gasteiger partial charge in [0, 0.05) is 10.5 Å². The number of hydrogen-bond donors (Lipinski definition) is 0. The second kappa shape index (κ2) is 7.25. The summed E-state index contributed by atoms with van der Waals surface area (Å²) in [5.41, 5.74) is 0. The smallest absolute Gasteiger partial charge is 0.330 e. The van der Waals surface area contributed by atoms with E-state index in [1.54, 1.807) is 6.08 Å². The number of carbonyl (C=O) groups excluding carboxylic acids is 1. The Morgan fingerprint density at radius 3 is 2.87 bits per heavy atom. The number of halogens is 1. The number of esters is 1. The van der Waals surface area contributed by atoms with Crippen LogP contribution in [-0.4, -0.2) is 17.0 Å². The maximum atomic E-state index is 11.2. The van der Waals surface area contributed by atoms with Gasteiger partial charge in [-0.1, -0.05) is 41.5 Å². The molecule has 0 radical (unpaired) electrons. The van der Waals surface area contributed by atoms with Gasteiger partial charge in [0.25, 0.3) is 0 Å². The highest BCUT2D eigenvalue weighted by Gasteiger charge is 2.21. The number of alkyl halides is 1. The van der Waals surface area contributed by atoms with Crippen LogP contribution in [0.1, 0.15) is 32.6 Å². The van der Waals surface area contributed by atoms with Gasteiger partial charge in [-0.3, -0.25) is 0 Å². The molecule has 86 valence electrons. The van der Waals surface area contributed by atoms with Crippen molar-refractivity contribution in [1.29, 1.82) is 0 Å². The fourth-order valence-corrected chi connectivity index (χ4v) is 3.17. The molecule has 1 aliphatic carbocycles. The van der Waals surface area contributed by atoms with Crippen LogP contribution in [0.15, 0.2) is 12.2 Å². The number of hydrogen-bond acceptors (Lipinski definition) is 2. The molecule has 1 saturated carbocycles. The first-order valence-corrected chi connectivity index (χ1v) is 7.21. The number of ether oxygens (including phenoxy) is 1. The summed E-state index contributed by atoms with van der Waals surface area (Å²) in [7, 11) is 0. The van der Waals surface area contributed by atoms with Crippen LogP contribution in [0.4, 0.5) is 0 Å². The summed E-state index contributed by atoms with van der Waals surface area (Å²) in [6.45, 7) is 2.30. The molecule has 0 N–H and O–H groups in total. The Kier molecular flexibility index (Phi) is 6.29. The van der Waals surface area contributed by atoms with Crippen LogP contribution >= 0.6 is 22.6 Å². The lowest BCUT2D eigenvalue weighted by Gasteiger charge is -2.27. The van der Waals surface area contributed by atoms with Crippen molar-refractivity contribution in [3.63, 3.8) is 0 Å². The Morgan fingerprint density at radius 1 is 1.47 bits per heavy atom. The van der Waals surface area contributed by atoms with Crippen molar-refractivity contribution in [2.45, 2.75) is 32.6 Å². The lowest BCUT2D eigenvalue weighted by molar-refractivity contribution is -0.137. The van der Waals surface area contributed by atoms with Crippen LogP contribution in [0.25, 0.3) is 0 Å². The van der Waals surface area contributed by atoms with E-state index in [0.717, 1.165) is 5.92 Å². The third kappa shape index (κ3) is 4.53. The standard InChI is InChI=1S/C12H19IO2/c1-2-15-12(14)8-7-10-5-3-4-6-11(10)9-13/h7-8,10-11H,2-6,9H2,1H3/b8-7+/t10-,11+/m0/s1. The third-order valence-electron chi connectivity index (χ3n) is 2.93.